The summed E-state index contributed by atoms with van der Waals surface area (Å²) in [7, 11) is -2.97. The fourth-order valence-electron chi connectivity index (χ4n) is 2.14. The zero-order chi connectivity index (χ0) is 14.6. The average Bonchev–Trinajstić information content (AvgIpc) is 2.39. The molecule has 0 radical (unpaired) electrons. The molecular formula is C12H20N4O3S. The Morgan fingerprint density at radius 3 is 3.00 bits per heavy atom. The van der Waals surface area contributed by atoms with Crippen LogP contribution in [-0.2, 0) is 9.84 Å². The first-order valence-corrected chi connectivity index (χ1v) is 8.54. The second kappa shape index (κ2) is 6.25. The summed E-state index contributed by atoms with van der Waals surface area (Å²) in [6, 6.07) is -0.162. The Balaban J connectivity index is 2.09. The minimum atomic E-state index is -2.97. The van der Waals surface area contributed by atoms with Gasteiger partial charge in [0.25, 0.3) is 0 Å². The van der Waals surface area contributed by atoms with Crippen molar-refractivity contribution < 1.29 is 13.2 Å². The number of nitrogens with two attached hydrogens (primary N) is 1. The van der Waals surface area contributed by atoms with E-state index in [0.29, 0.717) is 30.4 Å². The Morgan fingerprint density at radius 1 is 1.50 bits per heavy atom. The maximum atomic E-state index is 11.6. The van der Waals surface area contributed by atoms with Crippen molar-refractivity contribution in [1.29, 1.82) is 0 Å². The number of nitrogens with one attached hydrogen (secondary N) is 1. The van der Waals surface area contributed by atoms with Crippen LogP contribution >= 0.6 is 0 Å². The van der Waals surface area contributed by atoms with Gasteiger partial charge in [0, 0.05) is 6.04 Å². The quantitative estimate of drug-likeness (QED) is 0.829. The molecule has 112 valence electrons. The Bertz CT molecular complexity index is 562. The number of nitrogen functional groups attached to an aromatic ring is 1. The molecule has 2 rings (SSSR count). The van der Waals surface area contributed by atoms with Crippen LogP contribution in [0.25, 0.3) is 0 Å². The zero-order valence-corrected chi connectivity index (χ0v) is 12.3. The smallest absolute Gasteiger partial charge is 0.242 e. The number of anilines is 2. The van der Waals surface area contributed by atoms with E-state index in [1.54, 1.807) is 0 Å². The van der Waals surface area contributed by atoms with Gasteiger partial charge in [-0.25, -0.2) is 13.4 Å². The largest absolute Gasteiger partial charge is 0.476 e. The molecule has 0 aromatic carbocycles. The standard InChI is InChI=1S/C12H20N4O3S/c1-2-5-19-12-10(13)11(14-8-15-12)16-9-4-3-6-20(17,18)7-9/h8-9H,2-7,13H2,1H3,(H,14,15,16). The highest BCUT2D eigenvalue weighted by molar-refractivity contribution is 7.91. The van der Waals surface area contributed by atoms with Gasteiger partial charge in [0.2, 0.25) is 5.88 Å². The van der Waals surface area contributed by atoms with E-state index in [1.807, 2.05) is 6.92 Å². The molecule has 3 N–H and O–H groups in total. The highest BCUT2D eigenvalue weighted by Crippen LogP contribution is 2.26. The predicted octanol–water partition coefficient (Wildman–Crippen LogP) is 0.837. The summed E-state index contributed by atoms with van der Waals surface area (Å²) in [5.41, 5.74) is 6.27. The van der Waals surface area contributed by atoms with Gasteiger partial charge in [0.05, 0.1) is 18.1 Å². The second-order valence-electron chi connectivity index (χ2n) is 4.89. The molecule has 1 atom stereocenters. The molecule has 2 heterocycles. The molecule has 7 nitrogen and oxygen atoms in total. The molecule has 1 aliphatic rings. The molecule has 1 unspecified atom stereocenters. The molecule has 0 bridgehead atoms. The Morgan fingerprint density at radius 2 is 2.30 bits per heavy atom. The maximum Gasteiger partial charge on any atom is 0.242 e. The van der Waals surface area contributed by atoms with Crippen LogP contribution in [0.15, 0.2) is 6.33 Å². The van der Waals surface area contributed by atoms with E-state index in [4.69, 9.17) is 10.5 Å². The van der Waals surface area contributed by atoms with Gasteiger partial charge in [-0.15, -0.1) is 0 Å². The van der Waals surface area contributed by atoms with Crippen LogP contribution in [0.2, 0.25) is 0 Å². The first-order valence-electron chi connectivity index (χ1n) is 6.72. The van der Waals surface area contributed by atoms with E-state index < -0.39 is 9.84 Å². The summed E-state index contributed by atoms with van der Waals surface area (Å²) in [4.78, 5) is 8.05. The molecule has 0 spiro atoms. The summed E-state index contributed by atoms with van der Waals surface area (Å²) >= 11 is 0. The molecule has 8 heteroatoms. The van der Waals surface area contributed by atoms with Crippen LogP contribution in [0.3, 0.4) is 0 Å². The van der Waals surface area contributed by atoms with Gasteiger partial charge in [-0.1, -0.05) is 6.92 Å². The van der Waals surface area contributed by atoms with Gasteiger partial charge >= 0.3 is 0 Å². The van der Waals surface area contributed by atoms with Crippen molar-refractivity contribution in [2.24, 2.45) is 0 Å². The summed E-state index contributed by atoms with van der Waals surface area (Å²) in [6.45, 7) is 2.52. The van der Waals surface area contributed by atoms with E-state index in [9.17, 15) is 8.42 Å². The topological polar surface area (TPSA) is 107 Å². The van der Waals surface area contributed by atoms with Crippen LogP contribution in [0.1, 0.15) is 26.2 Å². The third kappa shape index (κ3) is 3.72. The molecule has 20 heavy (non-hydrogen) atoms. The minimum Gasteiger partial charge on any atom is -0.476 e. The molecular weight excluding hydrogens is 280 g/mol. The van der Waals surface area contributed by atoms with Crippen LogP contribution < -0.4 is 15.8 Å². The number of hydrogen-bond donors (Lipinski definition) is 2. The predicted molar refractivity (Wildman–Crippen MR) is 77.5 cm³/mol. The number of rotatable bonds is 5. The van der Waals surface area contributed by atoms with Crippen LogP contribution in [-0.4, -0.2) is 42.5 Å². The number of sulfone groups is 1. The highest BCUT2D eigenvalue weighted by atomic mass is 32.2. The highest BCUT2D eigenvalue weighted by Gasteiger charge is 2.25. The van der Waals surface area contributed by atoms with Gasteiger partial charge in [0.1, 0.15) is 12.0 Å². The van der Waals surface area contributed by atoms with Crippen molar-refractivity contribution in [3.05, 3.63) is 6.33 Å². The summed E-state index contributed by atoms with van der Waals surface area (Å²) < 4.78 is 28.7. The lowest BCUT2D eigenvalue weighted by atomic mass is 10.2. The van der Waals surface area contributed by atoms with Crippen molar-refractivity contribution in [3.8, 4) is 5.88 Å². The lowest BCUT2D eigenvalue weighted by molar-refractivity contribution is 0.306. The number of ether oxygens (including phenoxy) is 1. The first kappa shape index (κ1) is 14.8. The van der Waals surface area contributed by atoms with Crippen molar-refractivity contribution in [2.45, 2.75) is 32.2 Å². The fourth-order valence-corrected chi connectivity index (χ4v) is 3.77. The minimum absolute atomic E-state index is 0.113. The summed E-state index contributed by atoms with van der Waals surface area (Å²) in [5, 5.41) is 3.09. The monoisotopic (exact) mass is 300 g/mol. The zero-order valence-electron chi connectivity index (χ0n) is 11.5. The molecule has 0 saturated carbocycles. The fraction of sp³-hybridized carbons (Fsp3) is 0.667. The van der Waals surface area contributed by atoms with E-state index in [-0.39, 0.29) is 17.5 Å². The number of aromatic nitrogens is 2. The van der Waals surface area contributed by atoms with E-state index >= 15 is 0 Å². The average molecular weight is 300 g/mol. The third-order valence-corrected chi connectivity index (χ3v) is 4.92. The molecule has 1 aromatic rings. The summed E-state index contributed by atoms with van der Waals surface area (Å²) in [5.74, 6) is 1.15. The normalized spacial score (nSPS) is 21.4. The third-order valence-electron chi connectivity index (χ3n) is 3.09. The van der Waals surface area contributed by atoms with Gasteiger partial charge in [-0.05, 0) is 19.3 Å². The number of nitrogens with zero attached hydrogens (tertiary/aromatic N) is 2. The van der Waals surface area contributed by atoms with Gasteiger partial charge in [-0.3, -0.25) is 0 Å². The number of hydrogen-bond acceptors (Lipinski definition) is 7. The molecule has 0 amide bonds. The van der Waals surface area contributed by atoms with Gasteiger partial charge in [0.15, 0.2) is 15.7 Å². The molecule has 1 aromatic heterocycles. The van der Waals surface area contributed by atoms with Crippen LogP contribution in [0.5, 0.6) is 5.88 Å². The molecule has 0 aliphatic carbocycles. The van der Waals surface area contributed by atoms with Crippen LogP contribution in [0, 0.1) is 0 Å². The summed E-state index contributed by atoms with van der Waals surface area (Å²) in [6.07, 6.45) is 3.66. The van der Waals surface area contributed by atoms with Crippen molar-refractivity contribution in [3.63, 3.8) is 0 Å². The van der Waals surface area contributed by atoms with E-state index in [1.165, 1.54) is 6.33 Å². The van der Waals surface area contributed by atoms with Crippen molar-refractivity contribution >= 4 is 21.3 Å². The van der Waals surface area contributed by atoms with Crippen molar-refractivity contribution in [2.75, 3.05) is 29.2 Å². The Hall–Kier alpha value is -1.57. The molecule has 1 aliphatic heterocycles. The van der Waals surface area contributed by atoms with Gasteiger partial charge in [-0.2, -0.15) is 4.98 Å². The SMILES string of the molecule is CCCOc1ncnc(NC2CCCS(=O)(=O)C2)c1N. The lowest BCUT2D eigenvalue weighted by Crippen LogP contribution is -2.35. The Labute approximate surface area is 118 Å². The molecule has 1 fully saturated rings. The van der Waals surface area contributed by atoms with Crippen LogP contribution in [0.4, 0.5) is 11.5 Å². The van der Waals surface area contributed by atoms with E-state index in [0.717, 1.165) is 12.8 Å². The second-order valence-corrected chi connectivity index (χ2v) is 7.12. The Kier molecular flexibility index (Phi) is 4.64. The van der Waals surface area contributed by atoms with Gasteiger partial charge < -0.3 is 15.8 Å². The maximum absolute atomic E-state index is 11.6. The lowest BCUT2D eigenvalue weighted by Gasteiger charge is -2.24. The molecule has 1 saturated heterocycles. The van der Waals surface area contributed by atoms with Crippen molar-refractivity contribution in [1.82, 2.24) is 9.97 Å². The first-order chi connectivity index (χ1) is 9.52. The van der Waals surface area contributed by atoms with E-state index in [2.05, 4.69) is 15.3 Å².